The first-order valence-electron chi connectivity index (χ1n) is 4.99. The normalized spacial score (nSPS) is 24.4. The Morgan fingerprint density at radius 1 is 1.69 bits per heavy atom. The molecule has 0 saturated carbocycles. The van der Waals surface area contributed by atoms with Gasteiger partial charge in [0.2, 0.25) is 5.91 Å². The molecule has 6 heteroatoms. The van der Waals surface area contributed by atoms with E-state index in [-0.39, 0.29) is 11.9 Å². The number of rotatable bonds is 2. The summed E-state index contributed by atoms with van der Waals surface area (Å²) < 4.78 is 0. The molecule has 0 bridgehead atoms. The van der Waals surface area contributed by atoms with Crippen molar-refractivity contribution in [2.45, 2.75) is 18.6 Å². The lowest BCUT2D eigenvalue weighted by Gasteiger charge is -2.10. The highest BCUT2D eigenvalue weighted by Crippen LogP contribution is 2.13. The van der Waals surface area contributed by atoms with Crippen LogP contribution in [0.2, 0.25) is 5.02 Å². The van der Waals surface area contributed by atoms with Crippen molar-refractivity contribution >= 4 is 23.3 Å². The zero-order valence-electron chi connectivity index (χ0n) is 8.48. The molecule has 1 aliphatic rings. The van der Waals surface area contributed by atoms with Gasteiger partial charge < -0.3 is 15.7 Å². The van der Waals surface area contributed by atoms with Gasteiger partial charge in [-0.25, -0.2) is 4.98 Å². The van der Waals surface area contributed by atoms with Crippen LogP contribution in [0.1, 0.15) is 6.42 Å². The van der Waals surface area contributed by atoms with Gasteiger partial charge in [-0.1, -0.05) is 11.6 Å². The molecule has 2 atom stereocenters. The van der Waals surface area contributed by atoms with E-state index in [4.69, 9.17) is 11.6 Å². The van der Waals surface area contributed by atoms with Crippen molar-refractivity contribution in [3.8, 4) is 0 Å². The standard InChI is InChI=1S/C10H12ClN3O2/c11-6-1-2-12-9(3-6)14-10(16)8-4-7(15)5-13-8/h1-3,7-8,13,15H,4-5H2,(H,12,14,16). The summed E-state index contributed by atoms with van der Waals surface area (Å²) in [6, 6.07) is 2.84. The minimum absolute atomic E-state index is 0.202. The summed E-state index contributed by atoms with van der Waals surface area (Å²) in [6.45, 7) is 0.445. The fraction of sp³-hybridized carbons (Fsp3) is 0.400. The van der Waals surface area contributed by atoms with Gasteiger partial charge in [-0.15, -0.1) is 0 Å². The predicted octanol–water partition coefficient (Wildman–Crippen LogP) is 0.396. The molecule has 1 aliphatic heterocycles. The van der Waals surface area contributed by atoms with Crippen LogP contribution >= 0.6 is 11.6 Å². The van der Waals surface area contributed by atoms with Crippen LogP contribution in [0.25, 0.3) is 0 Å². The number of anilines is 1. The van der Waals surface area contributed by atoms with Gasteiger partial charge in [-0.3, -0.25) is 4.79 Å². The monoisotopic (exact) mass is 241 g/mol. The molecule has 1 saturated heterocycles. The Morgan fingerprint density at radius 3 is 3.12 bits per heavy atom. The zero-order valence-corrected chi connectivity index (χ0v) is 9.24. The molecule has 16 heavy (non-hydrogen) atoms. The SMILES string of the molecule is O=C(Nc1cc(Cl)ccn1)C1CC(O)CN1. The number of nitrogens with zero attached hydrogens (tertiary/aromatic N) is 1. The molecule has 1 fully saturated rings. The average molecular weight is 242 g/mol. The second-order valence-corrected chi connectivity index (χ2v) is 4.14. The molecule has 0 spiro atoms. The second kappa shape index (κ2) is 4.78. The number of aliphatic hydroxyl groups excluding tert-OH is 1. The average Bonchev–Trinajstić information content (AvgIpc) is 2.65. The van der Waals surface area contributed by atoms with Gasteiger partial charge in [-0.05, 0) is 18.6 Å². The number of β-amino-alcohol motifs (C(OH)–C–C–N with tert-alkyl or cyclic N) is 1. The van der Waals surface area contributed by atoms with Crippen LogP contribution in [0.4, 0.5) is 5.82 Å². The third kappa shape index (κ3) is 2.69. The molecule has 5 nitrogen and oxygen atoms in total. The molecular weight excluding hydrogens is 230 g/mol. The van der Waals surface area contributed by atoms with Crippen LogP contribution in [-0.2, 0) is 4.79 Å². The van der Waals surface area contributed by atoms with E-state index >= 15 is 0 Å². The van der Waals surface area contributed by atoms with Gasteiger partial charge in [-0.2, -0.15) is 0 Å². The Bertz CT molecular complexity index is 399. The van der Waals surface area contributed by atoms with E-state index in [0.29, 0.717) is 23.8 Å². The van der Waals surface area contributed by atoms with E-state index in [1.165, 1.54) is 6.20 Å². The maximum Gasteiger partial charge on any atom is 0.242 e. The molecular formula is C10H12ClN3O2. The van der Waals surface area contributed by atoms with Gasteiger partial charge >= 0.3 is 0 Å². The first-order valence-corrected chi connectivity index (χ1v) is 5.37. The molecule has 1 aromatic heterocycles. The molecule has 1 amide bonds. The lowest BCUT2D eigenvalue weighted by atomic mass is 10.2. The molecule has 3 N–H and O–H groups in total. The topological polar surface area (TPSA) is 74.2 Å². The molecule has 2 heterocycles. The molecule has 0 radical (unpaired) electrons. The third-order valence-corrected chi connectivity index (χ3v) is 2.63. The van der Waals surface area contributed by atoms with Crippen LogP contribution < -0.4 is 10.6 Å². The predicted molar refractivity (Wildman–Crippen MR) is 60.3 cm³/mol. The van der Waals surface area contributed by atoms with Crippen LogP contribution in [0.5, 0.6) is 0 Å². The summed E-state index contributed by atoms with van der Waals surface area (Å²) in [5.41, 5.74) is 0. The van der Waals surface area contributed by atoms with Gasteiger partial charge in [0.1, 0.15) is 5.82 Å². The van der Waals surface area contributed by atoms with Gasteiger partial charge in [0, 0.05) is 17.8 Å². The Balaban J connectivity index is 1.97. The number of aromatic nitrogens is 1. The number of hydrogen-bond donors (Lipinski definition) is 3. The van der Waals surface area contributed by atoms with Gasteiger partial charge in [0.15, 0.2) is 0 Å². The molecule has 1 aromatic rings. The Hall–Kier alpha value is -1.17. The summed E-state index contributed by atoms with van der Waals surface area (Å²) in [7, 11) is 0. The van der Waals surface area contributed by atoms with E-state index in [0.717, 1.165) is 0 Å². The quantitative estimate of drug-likeness (QED) is 0.701. The fourth-order valence-electron chi connectivity index (χ4n) is 1.60. The highest BCUT2D eigenvalue weighted by Gasteiger charge is 2.28. The number of carbonyl (C=O) groups is 1. The Kier molecular flexibility index (Phi) is 3.38. The lowest BCUT2D eigenvalue weighted by molar-refractivity contribution is -0.117. The number of amides is 1. The molecule has 0 aromatic carbocycles. The summed E-state index contributed by atoms with van der Waals surface area (Å²) in [4.78, 5) is 15.7. The van der Waals surface area contributed by atoms with Crippen molar-refractivity contribution in [1.82, 2.24) is 10.3 Å². The van der Waals surface area contributed by atoms with E-state index in [9.17, 15) is 9.90 Å². The number of aliphatic hydroxyl groups is 1. The van der Waals surface area contributed by atoms with Crippen molar-refractivity contribution in [1.29, 1.82) is 0 Å². The lowest BCUT2D eigenvalue weighted by Crippen LogP contribution is -2.35. The van der Waals surface area contributed by atoms with E-state index in [1.54, 1.807) is 12.1 Å². The Morgan fingerprint density at radius 2 is 2.50 bits per heavy atom. The molecule has 2 rings (SSSR count). The summed E-state index contributed by atoms with van der Waals surface area (Å²) in [5, 5.41) is 15.4. The molecule has 0 aliphatic carbocycles. The number of nitrogens with one attached hydrogen (secondary N) is 2. The number of carbonyl (C=O) groups excluding carboxylic acids is 1. The van der Waals surface area contributed by atoms with Crippen LogP contribution in [-0.4, -0.2) is 34.7 Å². The van der Waals surface area contributed by atoms with Crippen LogP contribution in [0, 0.1) is 0 Å². The number of pyridine rings is 1. The highest BCUT2D eigenvalue weighted by molar-refractivity contribution is 6.30. The number of halogens is 1. The minimum atomic E-state index is -0.455. The maximum atomic E-state index is 11.7. The van der Waals surface area contributed by atoms with Crippen molar-refractivity contribution in [2.24, 2.45) is 0 Å². The zero-order chi connectivity index (χ0) is 11.5. The number of hydrogen-bond acceptors (Lipinski definition) is 4. The fourth-order valence-corrected chi connectivity index (χ4v) is 1.76. The minimum Gasteiger partial charge on any atom is -0.392 e. The maximum absolute atomic E-state index is 11.7. The third-order valence-electron chi connectivity index (χ3n) is 2.40. The van der Waals surface area contributed by atoms with Gasteiger partial charge in [0.25, 0.3) is 0 Å². The van der Waals surface area contributed by atoms with Crippen LogP contribution in [0.15, 0.2) is 18.3 Å². The van der Waals surface area contributed by atoms with Crippen LogP contribution in [0.3, 0.4) is 0 Å². The largest absolute Gasteiger partial charge is 0.392 e. The first kappa shape index (κ1) is 11.3. The van der Waals surface area contributed by atoms with Crippen molar-refractivity contribution in [3.63, 3.8) is 0 Å². The second-order valence-electron chi connectivity index (χ2n) is 3.70. The van der Waals surface area contributed by atoms with E-state index in [2.05, 4.69) is 15.6 Å². The summed E-state index contributed by atoms with van der Waals surface area (Å²) in [5.74, 6) is 0.215. The summed E-state index contributed by atoms with van der Waals surface area (Å²) >= 11 is 5.76. The van der Waals surface area contributed by atoms with E-state index < -0.39 is 6.10 Å². The summed E-state index contributed by atoms with van der Waals surface area (Å²) in [6.07, 6.45) is 1.49. The Labute approximate surface area is 97.8 Å². The molecule has 86 valence electrons. The molecule has 2 unspecified atom stereocenters. The van der Waals surface area contributed by atoms with Gasteiger partial charge in [0.05, 0.1) is 12.1 Å². The highest BCUT2D eigenvalue weighted by atomic mass is 35.5. The van der Waals surface area contributed by atoms with Crippen molar-refractivity contribution < 1.29 is 9.90 Å². The smallest absolute Gasteiger partial charge is 0.242 e. The van der Waals surface area contributed by atoms with Crippen molar-refractivity contribution in [2.75, 3.05) is 11.9 Å². The van der Waals surface area contributed by atoms with Crippen molar-refractivity contribution in [3.05, 3.63) is 23.4 Å². The van der Waals surface area contributed by atoms with E-state index in [1.807, 2.05) is 0 Å². The first-order chi connectivity index (χ1) is 7.65.